The summed E-state index contributed by atoms with van der Waals surface area (Å²) in [6.07, 6.45) is 1.46. The highest BCUT2D eigenvalue weighted by atomic mass is 35.5. The van der Waals surface area contributed by atoms with Gasteiger partial charge in [-0.3, -0.25) is 9.59 Å². The van der Waals surface area contributed by atoms with Gasteiger partial charge in [-0.15, -0.1) is 0 Å². The second-order valence-electron chi connectivity index (χ2n) is 9.16. The van der Waals surface area contributed by atoms with E-state index in [9.17, 15) is 9.59 Å². The summed E-state index contributed by atoms with van der Waals surface area (Å²) < 4.78 is 11.5. The minimum atomic E-state index is -0.751. The fourth-order valence-electron chi connectivity index (χ4n) is 4.69. The van der Waals surface area contributed by atoms with E-state index in [4.69, 9.17) is 20.8 Å². The van der Waals surface area contributed by atoms with Crippen molar-refractivity contribution < 1.29 is 18.7 Å². The average Bonchev–Trinajstić information content (AvgIpc) is 3.42. The molecule has 0 saturated heterocycles. The predicted octanol–water partition coefficient (Wildman–Crippen LogP) is 6.44. The second kappa shape index (κ2) is 10.5. The summed E-state index contributed by atoms with van der Waals surface area (Å²) in [5.41, 5.74) is 4.82. The highest BCUT2D eigenvalue weighted by molar-refractivity contribution is 6.30. The molecule has 0 unspecified atom stereocenters. The van der Waals surface area contributed by atoms with Gasteiger partial charge in [0, 0.05) is 17.3 Å². The second-order valence-corrected chi connectivity index (χ2v) is 9.60. The molecule has 0 fully saturated rings. The molecule has 2 heterocycles. The standard InChI is InChI=1S/C30H27ClN2O4/c1-19-6-3-7-22(16-19)28-26-18-25(37-20(2)29(34)32-24-9-4-8-23(31)17-24)12-11-21(26)13-14-33(28)30(35)27-10-5-15-36-27/h3-12,15-18,20,28H,13-14H2,1-2H3,(H,32,34)/t20-,28-/m0/s1. The molecular weight excluding hydrogens is 488 g/mol. The Bertz CT molecular complexity index is 1430. The summed E-state index contributed by atoms with van der Waals surface area (Å²) in [5.74, 6) is 0.407. The molecule has 7 heteroatoms. The summed E-state index contributed by atoms with van der Waals surface area (Å²) in [6.45, 7) is 4.29. The monoisotopic (exact) mass is 514 g/mol. The number of fused-ring (bicyclic) bond motifs is 1. The molecule has 2 atom stereocenters. The Kier molecular flexibility index (Phi) is 7.01. The zero-order valence-electron chi connectivity index (χ0n) is 20.6. The van der Waals surface area contributed by atoms with Crippen LogP contribution in [0.1, 0.15) is 45.8 Å². The van der Waals surface area contributed by atoms with Gasteiger partial charge >= 0.3 is 0 Å². The zero-order chi connectivity index (χ0) is 25.9. The number of anilines is 1. The van der Waals surface area contributed by atoms with E-state index in [2.05, 4.69) is 11.4 Å². The minimum Gasteiger partial charge on any atom is -0.481 e. The van der Waals surface area contributed by atoms with Crippen molar-refractivity contribution in [2.24, 2.45) is 0 Å². The number of benzene rings is 3. The van der Waals surface area contributed by atoms with E-state index in [0.717, 1.165) is 22.3 Å². The summed E-state index contributed by atoms with van der Waals surface area (Å²) in [7, 11) is 0. The summed E-state index contributed by atoms with van der Waals surface area (Å²) in [4.78, 5) is 28.0. The van der Waals surface area contributed by atoms with Gasteiger partial charge in [-0.25, -0.2) is 0 Å². The van der Waals surface area contributed by atoms with Gasteiger partial charge in [-0.1, -0.05) is 53.6 Å². The van der Waals surface area contributed by atoms with Gasteiger partial charge in [0.1, 0.15) is 5.75 Å². The molecule has 6 nitrogen and oxygen atoms in total. The van der Waals surface area contributed by atoms with Crippen molar-refractivity contribution in [1.29, 1.82) is 0 Å². The number of halogens is 1. The van der Waals surface area contributed by atoms with Crippen LogP contribution in [-0.2, 0) is 11.2 Å². The lowest BCUT2D eigenvalue weighted by Crippen LogP contribution is -2.40. The highest BCUT2D eigenvalue weighted by Crippen LogP contribution is 2.38. The number of ether oxygens (including phenoxy) is 1. The molecule has 1 N–H and O–H groups in total. The molecule has 5 rings (SSSR count). The molecule has 188 valence electrons. The van der Waals surface area contributed by atoms with Crippen molar-refractivity contribution in [3.05, 3.63) is 118 Å². The van der Waals surface area contributed by atoms with Crippen LogP contribution < -0.4 is 10.1 Å². The van der Waals surface area contributed by atoms with Gasteiger partial charge in [0.05, 0.1) is 12.3 Å². The Labute approximate surface area is 220 Å². The predicted molar refractivity (Wildman–Crippen MR) is 143 cm³/mol. The van der Waals surface area contributed by atoms with Gasteiger partial charge < -0.3 is 19.4 Å². The Balaban J connectivity index is 1.44. The lowest BCUT2D eigenvalue weighted by molar-refractivity contribution is -0.122. The van der Waals surface area contributed by atoms with Gasteiger partial charge in [0.2, 0.25) is 0 Å². The molecule has 0 aliphatic carbocycles. The van der Waals surface area contributed by atoms with Crippen LogP contribution in [0.25, 0.3) is 0 Å². The first kappa shape index (κ1) is 24.7. The first-order chi connectivity index (χ1) is 17.9. The SMILES string of the molecule is Cc1cccc([C@H]2c3cc(O[C@@H](C)C(=O)Nc4cccc(Cl)c4)ccc3CCN2C(=O)c2ccco2)c1. The fraction of sp³-hybridized carbons (Fsp3) is 0.200. The Morgan fingerprint density at radius 2 is 1.89 bits per heavy atom. The number of nitrogens with zero attached hydrogens (tertiary/aromatic N) is 1. The Morgan fingerprint density at radius 3 is 2.65 bits per heavy atom. The number of nitrogens with one attached hydrogen (secondary N) is 1. The van der Waals surface area contributed by atoms with E-state index in [1.54, 1.807) is 43.3 Å². The number of furan rings is 1. The molecule has 4 aromatic rings. The average molecular weight is 515 g/mol. The number of carbonyl (C=O) groups is 2. The maximum absolute atomic E-state index is 13.4. The molecule has 1 aliphatic rings. The molecule has 0 spiro atoms. The van der Waals surface area contributed by atoms with E-state index >= 15 is 0 Å². The normalized spacial score (nSPS) is 15.5. The lowest BCUT2D eigenvalue weighted by atomic mass is 9.87. The van der Waals surface area contributed by atoms with Crippen molar-refractivity contribution in [1.82, 2.24) is 4.90 Å². The van der Waals surface area contributed by atoms with Gasteiger partial charge in [0.15, 0.2) is 11.9 Å². The number of aryl methyl sites for hydroxylation is 1. The number of amides is 2. The van der Waals surface area contributed by atoms with E-state index in [0.29, 0.717) is 35.2 Å². The largest absolute Gasteiger partial charge is 0.481 e. The third-order valence-electron chi connectivity index (χ3n) is 6.47. The van der Waals surface area contributed by atoms with Gasteiger partial charge in [-0.2, -0.15) is 0 Å². The van der Waals surface area contributed by atoms with Crippen molar-refractivity contribution in [3.63, 3.8) is 0 Å². The Morgan fingerprint density at radius 1 is 1.05 bits per heavy atom. The van der Waals surface area contributed by atoms with Crippen molar-refractivity contribution in [2.75, 3.05) is 11.9 Å². The van der Waals surface area contributed by atoms with Crippen LogP contribution in [-0.4, -0.2) is 29.4 Å². The topological polar surface area (TPSA) is 71.8 Å². The lowest BCUT2D eigenvalue weighted by Gasteiger charge is -2.37. The molecule has 1 aromatic heterocycles. The van der Waals surface area contributed by atoms with Crippen LogP contribution >= 0.6 is 11.6 Å². The van der Waals surface area contributed by atoms with E-state index < -0.39 is 6.10 Å². The molecule has 0 radical (unpaired) electrons. The van der Waals surface area contributed by atoms with Gasteiger partial charge in [-0.05, 0) is 79.4 Å². The first-order valence-corrected chi connectivity index (χ1v) is 12.5. The van der Waals surface area contributed by atoms with Crippen molar-refractivity contribution in [2.45, 2.75) is 32.4 Å². The van der Waals surface area contributed by atoms with E-state index in [1.807, 2.05) is 48.2 Å². The maximum Gasteiger partial charge on any atom is 0.290 e. The molecule has 0 bridgehead atoms. The number of hydrogen-bond acceptors (Lipinski definition) is 4. The fourth-order valence-corrected chi connectivity index (χ4v) is 4.88. The summed E-state index contributed by atoms with van der Waals surface area (Å²) in [5, 5.41) is 3.37. The third-order valence-corrected chi connectivity index (χ3v) is 6.71. The number of hydrogen-bond donors (Lipinski definition) is 1. The smallest absolute Gasteiger partial charge is 0.290 e. The van der Waals surface area contributed by atoms with E-state index in [1.165, 1.54) is 6.26 Å². The minimum absolute atomic E-state index is 0.164. The number of rotatable bonds is 6. The van der Waals surface area contributed by atoms with Crippen LogP contribution in [0.3, 0.4) is 0 Å². The van der Waals surface area contributed by atoms with Crippen LogP contribution in [0.4, 0.5) is 5.69 Å². The molecule has 2 amide bonds. The molecule has 37 heavy (non-hydrogen) atoms. The van der Waals surface area contributed by atoms with Crippen molar-refractivity contribution in [3.8, 4) is 5.75 Å². The number of carbonyl (C=O) groups excluding carboxylic acids is 2. The van der Waals surface area contributed by atoms with Crippen molar-refractivity contribution >= 4 is 29.1 Å². The van der Waals surface area contributed by atoms with E-state index in [-0.39, 0.29) is 17.9 Å². The highest BCUT2D eigenvalue weighted by Gasteiger charge is 2.34. The molecular formula is C30H27ClN2O4. The van der Waals surface area contributed by atoms with Crippen LogP contribution in [0.15, 0.2) is 89.5 Å². The Hall–Kier alpha value is -4.03. The molecule has 3 aromatic carbocycles. The molecule has 0 saturated carbocycles. The van der Waals surface area contributed by atoms with Gasteiger partial charge in [0.25, 0.3) is 11.8 Å². The summed E-state index contributed by atoms with van der Waals surface area (Å²) in [6, 6.07) is 24.0. The first-order valence-electron chi connectivity index (χ1n) is 12.2. The van der Waals surface area contributed by atoms with Crippen LogP contribution in [0.5, 0.6) is 5.75 Å². The zero-order valence-corrected chi connectivity index (χ0v) is 21.4. The van der Waals surface area contributed by atoms with Crippen LogP contribution in [0.2, 0.25) is 5.02 Å². The third kappa shape index (κ3) is 5.39. The summed E-state index contributed by atoms with van der Waals surface area (Å²) >= 11 is 6.03. The quantitative estimate of drug-likeness (QED) is 0.321. The van der Waals surface area contributed by atoms with Crippen LogP contribution in [0, 0.1) is 6.92 Å². The molecule has 1 aliphatic heterocycles. The maximum atomic E-state index is 13.4.